The third-order valence-electron chi connectivity index (χ3n) is 3.66. The number of hydrogen-bond donors (Lipinski definition) is 1. The van der Waals surface area contributed by atoms with E-state index in [0.717, 1.165) is 6.92 Å². The molecule has 0 aromatic heterocycles. The Labute approximate surface area is 158 Å². The van der Waals surface area contributed by atoms with Crippen molar-refractivity contribution < 1.29 is 33.4 Å². The molecule has 1 amide bonds. The lowest BCUT2D eigenvalue weighted by atomic mass is 9.78. The average molecular weight is 379 g/mol. The number of ether oxygens (including phenoxy) is 3. The average Bonchev–Trinajstić information content (AvgIpc) is 2.62. The van der Waals surface area contributed by atoms with E-state index in [2.05, 4.69) is 5.32 Å². The zero-order valence-electron chi connectivity index (χ0n) is 15.9. The molecule has 0 heterocycles. The Balaban J connectivity index is 3.74. The topological polar surface area (TPSA) is 108 Å². The summed E-state index contributed by atoms with van der Waals surface area (Å²) in [5, 5.41) is 2.31. The van der Waals surface area contributed by atoms with Crippen LogP contribution in [0.3, 0.4) is 0 Å². The van der Waals surface area contributed by atoms with Crippen LogP contribution in [0.5, 0.6) is 0 Å². The molecule has 0 spiro atoms. The van der Waals surface area contributed by atoms with E-state index in [4.69, 9.17) is 14.2 Å². The molecular weight excluding hydrogens is 354 g/mol. The first-order valence-electron chi connectivity index (χ1n) is 8.69. The minimum atomic E-state index is -2.41. The lowest BCUT2D eigenvalue weighted by Gasteiger charge is -2.35. The summed E-state index contributed by atoms with van der Waals surface area (Å²) in [5.74, 6) is -5.25. The van der Waals surface area contributed by atoms with E-state index in [1.807, 2.05) is 0 Å². The lowest BCUT2D eigenvalue weighted by molar-refractivity contribution is -0.174. The van der Waals surface area contributed by atoms with Crippen LogP contribution in [0.4, 0.5) is 0 Å². The predicted octanol–water partition coefficient (Wildman–Crippen LogP) is 1.33. The van der Waals surface area contributed by atoms with Crippen LogP contribution >= 0.6 is 0 Å². The molecule has 0 bridgehead atoms. The fourth-order valence-corrected chi connectivity index (χ4v) is 2.69. The molecule has 27 heavy (non-hydrogen) atoms. The van der Waals surface area contributed by atoms with Gasteiger partial charge in [0.05, 0.1) is 19.8 Å². The van der Waals surface area contributed by atoms with E-state index in [1.165, 1.54) is 0 Å². The summed E-state index contributed by atoms with van der Waals surface area (Å²) in [5.41, 5.74) is -2.11. The van der Waals surface area contributed by atoms with Crippen molar-refractivity contribution in [1.82, 2.24) is 5.32 Å². The van der Waals surface area contributed by atoms with Crippen molar-refractivity contribution in [1.29, 1.82) is 0 Å². The molecule has 1 atom stereocenters. The van der Waals surface area contributed by atoms with E-state index in [0.29, 0.717) is 5.56 Å². The molecule has 8 nitrogen and oxygen atoms in total. The van der Waals surface area contributed by atoms with E-state index >= 15 is 0 Å². The summed E-state index contributed by atoms with van der Waals surface area (Å²) in [6, 6.07) is 8.08. The quantitative estimate of drug-likeness (QED) is 0.392. The highest BCUT2D eigenvalue weighted by atomic mass is 16.6. The largest absolute Gasteiger partial charge is 0.465 e. The number of carbonyl (C=O) groups excluding carboxylic acids is 4. The highest BCUT2D eigenvalue weighted by Gasteiger charge is 2.60. The summed E-state index contributed by atoms with van der Waals surface area (Å²) in [4.78, 5) is 50.5. The summed E-state index contributed by atoms with van der Waals surface area (Å²) < 4.78 is 15.2. The number of carbonyl (C=O) groups is 4. The molecule has 0 aliphatic rings. The Bertz CT molecular complexity index is 654. The van der Waals surface area contributed by atoms with Gasteiger partial charge in [-0.2, -0.15) is 0 Å². The molecule has 8 heteroatoms. The van der Waals surface area contributed by atoms with Crippen LogP contribution in [-0.2, 0) is 33.4 Å². The standard InChI is InChI=1S/C19H25NO7/c1-5-25-16(22)15(14-11-9-8-10-12-14)19(20-13(4)21,17(23)26-6-2)18(24)27-7-3/h8-12,15H,5-7H2,1-4H3,(H,20,21)/t15-/m1/s1. The van der Waals surface area contributed by atoms with Crippen molar-refractivity contribution in [2.24, 2.45) is 0 Å². The molecule has 1 aromatic carbocycles. The third kappa shape index (κ3) is 5.06. The zero-order chi connectivity index (χ0) is 20.4. The van der Waals surface area contributed by atoms with Crippen LogP contribution in [0.2, 0.25) is 0 Å². The van der Waals surface area contributed by atoms with Gasteiger partial charge in [-0.3, -0.25) is 9.59 Å². The lowest BCUT2D eigenvalue weighted by Crippen LogP contribution is -2.66. The smallest absolute Gasteiger partial charge is 0.345 e. The van der Waals surface area contributed by atoms with Crippen LogP contribution in [-0.4, -0.2) is 49.2 Å². The maximum Gasteiger partial charge on any atom is 0.345 e. The Morgan fingerprint density at radius 2 is 1.37 bits per heavy atom. The second kappa shape index (κ2) is 10.3. The highest BCUT2D eigenvalue weighted by molar-refractivity contribution is 6.12. The van der Waals surface area contributed by atoms with Crippen molar-refractivity contribution in [3.63, 3.8) is 0 Å². The zero-order valence-corrected chi connectivity index (χ0v) is 15.9. The van der Waals surface area contributed by atoms with Crippen molar-refractivity contribution in [2.45, 2.75) is 39.2 Å². The Morgan fingerprint density at radius 3 is 1.78 bits per heavy atom. The minimum Gasteiger partial charge on any atom is -0.465 e. The van der Waals surface area contributed by atoms with Gasteiger partial charge < -0.3 is 19.5 Å². The summed E-state index contributed by atoms with van der Waals surface area (Å²) in [7, 11) is 0. The van der Waals surface area contributed by atoms with Gasteiger partial charge in [0, 0.05) is 6.92 Å². The molecule has 0 aliphatic heterocycles. The Hall–Kier alpha value is -2.90. The molecule has 0 radical (unpaired) electrons. The van der Waals surface area contributed by atoms with E-state index in [9.17, 15) is 19.2 Å². The van der Waals surface area contributed by atoms with Crippen molar-refractivity contribution in [3.05, 3.63) is 35.9 Å². The van der Waals surface area contributed by atoms with Gasteiger partial charge in [-0.25, -0.2) is 9.59 Å². The molecule has 1 rings (SSSR count). The van der Waals surface area contributed by atoms with Gasteiger partial charge in [-0.1, -0.05) is 30.3 Å². The third-order valence-corrected chi connectivity index (χ3v) is 3.66. The molecular formula is C19H25NO7. The number of hydrogen-bond acceptors (Lipinski definition) is 7. The Kier molecular flexibility index (Phi) is 8.44. The van der Waals surface area contributed by atoms with Crippen LogP contribution in [0, 0.1) is 0 Å². The van der Waals surface area contributed by atoms with Crippen LogP contribution in [0.15, 0.2) is 30.3 Å². The number of amides is 1. The second-order valence-corrected chi connectivity index (χ2v) is 5.53. The number of benzene rings is 1. The van der Waals surface area contributed by atoms with Gasteiger partial charge in [-0.05, 0) is 26.3 Å². The maximum atomic E-state index is 12.9. The van der Waals surface area contributed by atoms with Gasteiger partial charge in [-0.15, -0.1) is 0 Å². The monoisotopic (exact) mass is 379 g/mol. The first-order chi connectivity index (χ1) is 12.8. The van der Waals surface area contributed by atoms with Crippen LogP contribution < -0.4 is 5.32 Å². The fourth-order valence-electron chi connectivity index (χ4n) is 2.69. The van der Waals surface area contributed by atoms with E-state index in [-0.39, 0.29) is 19.8 Å². The molecule has 1 aromatic rings. The Morgan fingerprint density at radius 1 is 0.889 bits per heavy atom. The molecule has 0 saturated carbocycles. The summed E-state index contributed by atoms with van der Waals surface area (Å²) in [6.07, 6.45) is 0. The van der Waals surface area contributed by atoms with Crippen LogP contribution in [0.25, 0.3) is 0 Å². The molecule has 1 N–H and O–H groups in total. The number of esters is 3. The molecule has 148 valence electrons. The van der Waals surface area contributed by atoms with Gasteiger partial charge in [0.25, 0.3) is 5.54 Å². The van der Waals surface area contributed by atoms with Gasteiger partial charge >= 0.3 is 17.9 Å². The summed E-state index contributed by atoms with van der Waals surface area (Å²) in [6.45, 7) is 5.69. The minimum absolute atomic E-state index is 0.0178. The second-order valence-electron chi connectivity index (χ2n) is 5.53. The van der Waals surface area contributed by atoms with Gasteiger partial charge in [0.1, 0.15) is 5.92 Å². The molecule has 0 saturated heterocycles. The predicted molar refractivity (Wildman–Crippen MR) is 95.6 cm³/mol. The first kappa shape index (κ1) is 22.1. The normalized spacial score (nSPS) is 11.9. The fraction of sp³-hybridized carbons (Fsp3) is 0.474. The number of rotatable bonds is 9. The van der Waals surface area contributed by atoms with Gasteiger partial charge in [0.2, 0.25) is 5.91 Å². The van der Waals surface area contributed by atoms with E-state index in [1.54, 1.807) is 51.1 Å². The van der Waals surface area contributed by atoms with Crippen LogP contribution in [0.1, 0.15) is 39.2 Å². The molecule has 0 aliphatic carbocycles. The van der Waals surface area contributed by atoms with Crippen molar-refractivity contribution in [3.8, 4) is 0 Å². The van der Waals surface area contributed by atoms with Crippen molar-refractivity contribution in [2.75, 3.05) is 19.8 Å². The summed E-state index contributed by atoms with van der Waals surface area (Å²) >= 11 is 0. The number of nitrogens with one attached hydrogen (secondary N) is 1. The highest BCUT2D eigenvalue weighted by Crippen LogP contribution is 2.33. The van der Waals surface area contributed by atoms with Crippen molar-refractivity contribution >= 4 is 23.8 Å². The molecule has 0 unspecified atom stereocenters. The maximum absolute atomic E-state index is 12.9. The molecule has 0 fully saturated rings. The first-order valence-corrected chi connectivity index (χ1v) is 8.69. The van der Waals surface area contributed by atoms with E-state index < -0.39 is 35.3 Å². The SMILES string of the molecule is CCOC(=O)[C@@H](c1ccccc1)C(NC(C)=O)(C(=O)OCC)C(=O)OCC. The van der Waals surface area contributed by atoms with Gasteiger partial charge in [0.15, 0.2) is 0 Å².